The van der Waals surface area contributed by atoms with E-state index in [2.05, 4.69) is 20.6 Å². The van der Waals surface area contributed by atoms with Gasteiger partial charge in [0.25, 0.3) is 5.91 Å². The average molecular weight is 367 g/mol. The monoisotopic (exact) mass is 366 g/mol. The van der Waals surface area contributed by atoms with Crippen LogP contribution in [0.25, 0.3) is 0 Å². The normalized spacial score (nSPS) is 10.4. The first kappa shape index (κ1) is 17.9. The standard InChI is InChI=1S/C20H19ClN4O/c1-14-23-18(20(26)22-12-11-15-7-3-2-4-8-15)13-19(24-14)25-17-10-6-5-9-16(17)21/h2-10,13H,11-12H2,1H3,(H,22,26)(H,23,24,25). The van der Waals surface area contributed by atoms with Crippen LogP contribution in [-0.2, 0) is 6.42 Å². The molecule has 5 nitrogen and oxygen atoms in total. The zero-order chi connectivity index (χ0) is 18.4. The Morgan fingerprint density at radius 1 is 1.04 bits per heavy atom. The van der Waals surface area contributed by atoms with Crippen molar-refractivity contribution < 1.29 is 4.79 Å². The summed E-state index contributed by atoms with van der Waals surface area (Å²) in [5.41, 5.74) is 2.22. The molecule has 0 saturated heterocycles. The number of hydrogen-bond donors (Lipinski definition) is 2. The van der Waals surface area contributed by atoms with Crippen molar-refractivity contribution in [1.29, 1.82) is 0 Å². The molecule has 0 atom stereocenters. The van der Waals surface area contributed by atoms with Crippen LogP contribution in [0.5, 0.6) is 0 Å². The molecular formula is C20H19ClN4O. The highest BCUT2D eigenvalue weighted by molar-refractivity contribution is 6.33. The third kappa shape index (κ3) is 4.80. The molecule has 0 radical (unpaired) electrons. The second-order valence-corrected chi connectivity index (χ2v) is 6.19. The van der Waals surface area contributed by atoms with E-state index in [4.69, 9.17) is 11.6 Å². The summed E-state index contributed by atoms with van der Waals surface area (Å²) < 4.78 is 0. The van der Waals surface area contributed by atoms with Crippen LogP contribution in [0.1, 0.15) is 21.9 Å². The van der Waals surface area contributed by atoms with Gasteiger partial charge in [0, 0.05) is 12.6 Å². The Kier molecular flexibility index (Phi) is 5.81. The number of rotatable bonds is 6. The van der Waals surface area contributed by atoms with Crippen molar-refractivity contribution in [3.63, 3.8) is 0 Å². The van der Waals surface area contributed by atoms with E-state index in [0.29, 0.717) is 28.9 Å². The van der Waals surface area contributed by atoms with Crippen molar-refractivity contribution in [2.24, 2.45) is 0 Å². The molecule has 1 aromatic heterocycles. The number of para-hydroxylation sites is 1. The summed E-state index contributed by atoms with van der Waals surface area (Å²) in [6, 6.07) is 19.0. The first-order valence-corrected chi connectivity index (χ1v) is 8.69. The maximum absolute atomic E-state index is 12.4. The van der Waals surface area contributed by atoms with E-state index in [9.17, 15) is 4.79 Å². The molecule has 0 unspecified atom stereocenters. The molecule has 0 aliphatic rings. The minimum absolute atomic E-state index is 0.228. The number of carbonyl (C=O) groups excluding carboxylic acids is 1. The number of halogens is 1. The summed E-state index contributed by atoms with van der Waals surface area (Å²) in [4.78, 5) is 21.0. The molecule has 0 aliphatic heterocycles. The summed E-state index contributed by atoms with van der Waals surface area (Å²) >= 11 is 6.16. The SMILES string of the molecule is Cc1nc(Nc2ccccc2Cl)cc(C(=O)NCCc2ccccc2)n1. The molecule has 3 aromatic rings. The van der Waals surface area contributed by atoms with Gasteiger partial charge in [-0.2, -0.15) is 0 Å². The Morgan fingerprint density at radius 2 is 1.77 bits per heavy atom. The highest BCUT2D eigenvalue weighted by Crippen LogP contribution is 2.24. The molecule has 6 heteroatoms. The molecular weight excluding hydrogens is 348 g/mol. The van der Waals surface area contributed by atoms with Gasteiger partial charge in [-0.05, 0) is 31.0 Å². The highest BCUT2D eigenvalue weighted by Gasteiger charge is 2.11. The van der Waals surface area contributed by atoms with E-state index in [-0.39, 0.29) is 5.91 Å². The molecule has 0 aliphatic carbocycles. The molecule has 0 spiro atoms. The fourth-order valence-corrected chi connectivity index (χ4v) is 2.69. The molecule has 2 aromatic carbocycles. The van der Waals surface area contributed by atoms with Gasteiger partial charge in [0.05, 0.1) is 10.7 Å². The average Bonchev–Trinajstić information content (AvgIpc) is 2.64. The number of benzene rings is 2. The quantitative estimate of drug-likeness (QED) is 0.687. The molecule has 1 amide bonds. The first-order chi connectivity index (χ1) is 12.6. The van der Waals surface area contributed by atoms with Crippen molar-refractivity contribution in [3.05, 3.63) is 82.8 Å². The maximum atomic E-state index is 12.4. The van der Waals surface area contributed by atoms with Gasteiger partial charge in [-0.3, -0.25) is 4.79 Å². The lowest BCUT2D eigenvalue weighted by Gasteiger charge is -2.10. The highest BCUT2D eigenvalue weighted by atomic mass is 35.5. The Hall–Kier alpha value is -2.92. The number of amides is 1. The third-order valence-corrected chi connectivity index (χ3v) is 4.08. The van der Waals surface area contributed by atoms with Crippen LogP contribution in [0.2, 0.25) is 5.02 Å². The topological polar surface area (TPSA) is 66.9 Å². The van der Waals surface area contributed by atoms with Gasteiger partial charge in [0.2, 0.25) is 0 Å². The van der Waals surface area contributed by atoms with Crippen LogP contribution >= 0.6 is 11.6 Å². The van der Waals surface area contributed by atoms with Crippen LogP contribution in [0.3, 0.4) is 0 Å². The molecule has 3 rings (SSSR count). The van der Waals surface area contributed by atoms with Crippen molar-refractivity contribution in [1.82, 2.24) is 15.3 Å². The molecule has 132 valence electrons. The van der Waals surface area contributed by atoms with Crippen LogP contribution in [0, 0.1) is 6.92 Å². The zero-order valence-corrected chi connectivity index (χ0v) is 15.1. The summed E-state index contributed by atoms with van der Waals surface area (Å²) in [6.45, 7) is 2.29. The van der Waals surface area contributed by atoms with Crippen molar-refractivity contribution in [2.75, 3.05) is 11.9 Å². The number of nitrogens with one attached hydrogen (secondary N) is 2. The second-order valence-electron chi connectivity index (χ2n) is 5.78. The fraction of sp³-hybridized carbons (Fsp3) is 0.150. The number of nitrogens with zero attached hydrogens (tertiary/aromatic N) is 2. The minimum Gasteiger partial charge on any atom is -0.350 e. The van der Waals surface area contributed by atoms with Crippen LogP contribution in [0.4, 0.5) is 11.5 Å². The van der Waals surface area contributed by atoms with Crippen molar-refractivity contribution >= 4 is 29.0 Å². The van der Waals surface area contributed by atoms with E-state index in [1.807, 2.05) is 48.5 Å². The fourth-order valence-electron chi connectivity index (χ4n) is 2.50. The van der Waals surface area contributed by atoms with Gasteiger partial charge in [0.1, 0.15) is 17.3 Å². The van der Waals surface area contributed by atoms with E-state index in [1.54, 1.807) is 19.1 Å². The predicted octanol–water partition coefficient (Wildman–Crippen LogP) is 4.15. The molecule has 1 heterocycles. The molecule has 2 N–H and O–H groups in total. The number of anilines is 2. The number of carbonyl (C=O) groups is 1. The van der Waals surface area contributed by atoms with Crippen LogP contribution < -0.4 is 10.6 Å². The lowest BCUT2D eigenvalue weighted by molar-refractivity contribution is 0.0949. The Balaban J connectivity index is 1.66. The predicted molar refractivity (Wildman–Crippen MR) is 104 cm³/mol. The molecule has 0 fully saturated rings. The van der Waals surface area contributed by atoms with Gasteiger partial charge in [-0.25, -0.2) is 9.97 Å². The maximum Gasteiger partial charge on any atom is 0.270 e. The van der Waals surface area contributed by atoms with E-state index in [0.717, 1.165) is 12.1 Å². The summed E-state index contributed by atoms with van der Waals surface area (Å²) in [5, 5.41) is 6.60. The Bertz CT molecular complexity index is 899. The first-order valence-electron chi connectivity index (χ1n) is 8.31. The third-order valence-electron chi connectivity index (χ3n) is 3.75. The number of hydrogen-bond acceptors (Lipinski definition) is 4. The Labute approximate surface area is 157 Å². The van der Waals surface area contributed by atoms with Gasteiger partial charge in [-0.15, -0.1) is 0 Å². The van der Waals surface area contributed by atoms with E-state index < -0.39 is 0 Å². The number of aromatic nitrogens is 2. The van der Waals surface area contributed by atoms with Crippen LogP contribution in [-0.4, -0.2) is 22.4 Å². The summed E-state index contributed by atoms with van der Waals surface area (Å²) in [5.74, 6) is 0.808. The minimum atomic E-state index is -0.228. The largest absolute Gasteiger partial charge is 0.350 e. The number of aryl methyl sites for hydroxylation is 1. The van der Waals surface area contributed by atoms with E-state index in [1.165, 1.54) is 5.56 Å². The van der Waals surface area contributed by atoms with Gasteiger partial charge < -0.3 is 10.6 Å². The molecule has 0 bridgehead atoms. The summed E-state index contributed by atoms with van der Waals surface area (Å²) in [6.07, 6.45) is 0.765. The van der Waals surface area contributed by atoms with Crippen molar-refractivity contribution in [3.8, 4) is 0 Å². The molecule has 0 saturated carbocycles. The van der Waals surface area contributed by atoms with E-state index >= 15 is 0 Å². The second kappa shape index (κ2) is 8.45. The van der Waals surface area contributed by atoms with Gasteiger partial charge in [-0.1, -0.05) is 54.1 Å². The smallest absolute Gasteiger partial charge is 0.270 e. The summed E-state index contributed by atoms with van der Waals surface area (Å²) in [7, 11) is 0. The lowest BCUT2D eigenvalue weighted by atomic mass is 10.1. The Morgan fingerprint density at radius 3 is 2.54 bits per heavy atom. The molecule has 26 heavy (non-hydrogen) atoms. The van der Waals surface area contributed by atoms with Gasteiger partial charge in [0.15, 0.2) is 0 Å². The van der Waals surface area contributed by atoms with Crippen LogP contribution in [0.15, 0.2) is 60.7 Å². The zero-order valence-electron chi connectivity index (χ0n) is 14.4. The lowest BCUT2D eigenvalue weighted by Crippen LogP contribution is -2.27. The van der Waals surface area contributed by atoms with Gasteiger partial charge >= 0.3 is 0 Å². The van der Waals surface area contributed by atoms with Crippen molar-refractivity contribution in [2.45, 2.75) is 13.3 Å².